The summed E-state index contributed by atoms with van der Waals surface area (Å²) < 4.78 is 0. The van der Waals surface area contributed by atoms with Crippen LogP contribution in [0, 0.1) is 6.92 Å². The zero-order valence-corrected chi connectivity index (χ0v) is 13.5. The van der Waals surface area contributed by atoms with Gasteiger partial charge in [0.15, 0.2) is 0 Å². The van der Waals surface area contributed by atoms with Crippen LogP contribution in [0.2, 0.25) is 0 Å². The number of aromatic hydroxyl groups is 1. The number of phenols is 1. The maximum Gasteiger partial charge on any atom is 0.142 e. The van der Waals surface area contributed by atoms with Gasteiger partial charge in [-0.3, -0.25) is 5.32 Å². The van der Waals surface area contributed by atoms with Crippen molar-refractivity contribution in [3.05, 3.63) is 65.2 Å². The first-order chi connectivity index (χ1) is 10.5. The lowest BCUT2D eigenvalue weighted by Gasteiger charge is -2.33. The number of phenolic OH excluding ortho intramolecular Hbond substituents is 1. The van der Waals surface area contributed by atoms with E-state index in [9.17, 15) is 10.2 Å². The average molecular weight is 299 g/mol. The quantitative estimate of drug-likeness (QED) is 0.707. The maximum atomic E-state index is 11.0. The number of hydrogen-bond donors (Lipinski definition) is 3. The summed E-state index contributed by atoms with van der Waals surface area (Å²) in [6.07, 6.45) is 1.42. The molecule has 0 heterocycles. The van der Waals surface area contributed by atoms with Crippen molar-refractivity contribution in [2.75, 3.05) is 0 Å². The lowest BCUT2D eigenvalue weighted by Crippen LogP contribution is -2.43. The first-order valence-corrected chi connectivity index (χ1v) is 7.84. The summed E-state index contributed by atoms with van der Waals surface area (Å²) >= 11 is 0. The maximum absolute atomic E-state index is 11.0. The Kier molecular flexibility index (Phi) is 5.22. The van der Waals surface area contributed by atoms with Gasteiger partial charge in [0, 0.05) is 6.04 Å². The predicted octanol–water partition coefficient (Wildman–Crippen LogP) is 4.00. The van der Waals surface area contributed by atoms with Crippen LogP contribution in [0.25, 0.3) is 0 Å². The summed E-state index contributed by atoms with van der Waals surface area (Å²) in [4.78, 5) is 0. The molecule has 0 fully saturated rings. The molecule has 2 rings (SSSR count). The molecule has 2 atom stereocenters. The summed E-state index contributed by atoms with van der Waals surface area (Å²) in [6.45, 7) is 6.11. The summed E-state index contributed by atoms with van der Waals surface area (Å²) in [5.74, 6) is 0.202. The van der Waals surface area contributed by atoms with E-state index in [2.05, 4.69) is 43.4 Å². The van der Waals surface area contributed by atoms with Crippen molar-refractivity contribution in [2.45, 2.75) is 45.4 Å². The first kappa shape index (κ1) is 16.5. The zero-order valence-electron chi connectivity index (χ0n) is 13.5. The van der Waals surface area contributed by atoms with Crippen molar-refractivity contribution in [1.82, 2.24) is 5.32 Å². The highest BCUT2D eigenvalue weighted by Crippen LogP contribution is 2.29. The van der Waals surface area contributed by atoms with Gasteiger partial charge in [0.2, 0.25) is 0 Å². The molecule has 3 N–H and O–H groups in total. The molecule has 2 aromatic carbocycles. The Bertz CT molecular complexity index is 592. The largest absolute Gasteiger partial charge is 0.508 e. The van der Waals surface area contributed by atoms with Crippen LogP contribution < -0.4 is 5.32 Å². The van der Waals surface area contributed by atoms with Gasteiger partial charge >= 0.3 is 0 Å². The number of aliphatic hydroxyl groups is 1. The van der Waals surface area contributed by atoms with Gasteiger partial charge in [0.25, 0.3) is 0 Å². The van der Waals surface area contributed by atoms with Gasteiger partial charge in [0.05, 0.1) is 0 Å². The molecule has 0 aliphatic carbocycles. The van der Waals surface area contributed by atoms with Crippen molar-refractivity contribution in [2.24, 2.45) is 0 Å². The number of hydrogen-bond acceptors (Lipinski definition) is 3. The SMILES string of the molecule is CCC(NC(O)(CC)c1ccc(O)cc1)c1ccc(C)cc1. The minimum absolute atomic E-state index is 0.0688. The minimum Gasteiger partial charge on any atom is -0.508 e. The fourth-order valence-electron chi connectivity index (χ4n) is 2.63. The van der Waals surface area contributed by atoms with E-state index < -0.39 is 5.72 Å². The van der Waals surface area contributed by atoms with Gasteiger partial charge in [-0.15, -0.1) is 0 Å². The number of rotatable bonds is 6. The number of aryl methyl sites for hydroxylation is 1. The Balaban J connectivity index is 2.26. The highest BCUT2D eigenvalue weighted by atomic mass is 16.3. The number of nitrogens with one attached hydrogen (secondary N) is 1. The lowest BCUT2D eigenvalue weighted by atomic mass is 9.95. The highest BCUT2D eigenvalue weighted by Gasteiger charge is 2.29. The second kappa shape index (κ2) is 6.95. The van der Waals surface area contributed by atoms with Crippen LogP contribution in [0.4, 0.5) is 0 Å². The molecule has 0 bridgehead atoms. The minimum atomic E-state index is -1.11. The van der Waals surface area contributed by atoms with E-state index in [1.54, 1.807) is 24.3 Å². The van der Waals surface area contributed by atoms with Crippen LogP contribution in [0.15, 0.2) is 48.5 Å². The number of benzene rings is 2. The van der Waals surface area contributed by atoms with E-state index >= 15 is 0 Å². The van der Waals surface area contributed by atoms with Gasteiger partial charge in [-0.1, -0.05) is 55.8 Å². The molecule has 3 nitrogen and oxygen atoms in total. The summed E-state index contributed by atoms with van der Waals surface area (Å²) in [7, 11) is 0. The third-order valence-electron chi connectivity index (χ3n) is 4.16. The van der Waals surface area contributed by atoms with Gasteiger partial charge in [-0.25, -0.2) is 0 Å². The second-order valence-corrected chi connectivity index (χ2v) is 5.78. The van der Waals surface area contributed by atoms with Crippen molar-refractivity contribution in [1.29, 1.82) is 0 Å². The molecule has 118 valence electrons. The van der Waals surface area contributed by atoms with Gasteiger partial charge in [-0.2, -0.15) is 0 Å². The van der Waals surface area contributed by atoms with Crippen LogP contribution in [0.5, 0.6) is 5.75 Å². The Morgan fingerprint density at radius 1 is 1.00 bits per heavy atom. The van der Waals surface area contributed by atoms with E-state index in [1.165, 1.54) is 11.1 Å². The summed E-state index contributed by atoms with van der Waals surface area (Å²) in [5.41, 5.74) is 2.04. The highest BCUT2D eigenvalue weighted by molar-refractivity contribution is 5.30. The van der Waals surface area contributed by atoms with Crippen LogP contribution in [-0.2, 0) is 5.72 Å². The molecule has 0 amide bonds. The fourth-order valence-corrected chi connectivity index (χ4v) is 2.63. The van der Waals surface area contributed by atoms with Gasteiger partial charge in [0.1, 0.15) is 11.5 Å². The Hall–Kier alpha value is -1.84. The smallest absolute Gasteiger partial charge is 0.142 e. The standard InChI is InChI=1S/C19H25NO2/c1-4-18(15-8-6-14(3)7-9-15)20-19(22,5-2)16-10-12-17(21)13-11-16/h6-13,18,20-22H,4-5H2,1-3H3. The Labute approximate surface area is 132 Å². The zero-order chi connectivity index (χ0) is 16.2. The van der Waals surface area contributed by atoms with E-state index in [0.717, 1.165) is 12.0 Å². The van der Waals surface area contributed by atoms with Crippen LogP contribution >= 0.6 is 0 Å². The van der Waals surface area contributed by atoms with Gasteiger partial charge in [-0.05, 0) is 43.0 Å². The van der Waals surface area contributed by atoms with Crippen molar-refractivity contribution < 1.29 is 10.2 Å². The van der Waals surface area contributed by atoms with Crippen molar-refractivity contribution >= 4 is 0 Å². The molecule has 0 spiro atoms. The fraction of sp³-hybridized carbons (Fsp3) is 0.368. The molecule has 3 heteroatoms. The molecule has 0 radical (unpaired) electrons. The molecule has 22 heavy (non-hydrogen) atoms. The van der Waals surface area contributed by atoms with E-state index in [-0.39, 0.29) is 11.8 Å². The van der Waals surface area contributed by atoms with Crippen LogP contribution in [0.3, 0.4) is 0 Å². The molecule has 0 saturated heterocycles. The molecule has 0 aliphatic rings. The third-order valence-corrected chi connectivity index (χ3v) is 4.16. The lowest BCUT2D eigenvalue weighted by molar-refractivity contribution is -0.0161. The van der Waals surface area contributed by atoms with Crippen LogP contribution in [0.1, 0.15) is 49.4 Å². The molecule has 0 aromatic heterocycles. The van der Waals surface area contributed by atoms with E-state index in [0.29, 0.717) is 6.42 Å². The monoisotopic (exact) mass is 299 g/mol. The summed E-state index contributed by atoms with van der Waals surface area (Å²) in [5, 5.41) is 23.8. The topological polar surface area (TPSA) is 52.5 Å². The summed E-state index contributed by atoms with van der Waals surface area (Å²) in [6, 6.07) is 15.2. The normalized spacial score (nSPS) is 15.3. The molecule has 0 aliphatic heterocycles. The molecule has 2 aromatic rings. The second-order valence-electron chi connectivity index (χ2n) is 5.78. The Morgan fingerprint density at radius 2 is 1.59 bits per heavy atom. The van der Waals surface area contributed by atoms with Crippen LogP contribution in [-0.4, -0.2) is 10.2 Å². The van der Waals surface area contributed by atoms with Crippen molar-refractivity contribution in [3.63, 3.8) is 0 Å². The first-order valence-electron chi connectivity index (χ1n) is 7.84. The van der Waals surface area contributed by atoms with E-state index in [1.807, 2.05) is 6.92 Å². The molecular weight excluding hydrogens is 274 g/mol. The predicted molar refractivity (Wildman–Crippen MR) is 89.6 cm³/mol. The Morgan fingerprint density at radius 3 is 2.09 bits per heavy atom. The average Bonchev–Trinajstić information content (AvgIpc) is 2.54. The molecule has 0 saturated carbocycles. The van der Waals surface area contributed by atoms with E-state index in [4.69, 9.17) is 0 Å². The third kappa shape index (κ3) is 3.67. The molecular formula is C19H25NO2. The van der Waals surface area contributed by atoms with Crippen molar-refractivity contribution in [3.8, 4) is 5.75 Å². The van der Waals surface area contributed by atoms with Gasteiger partial charge < -0.3 is 10.2 Å². The molecule has 2 unspecified atom stereocenters.